The van der Waals surface area contributed by atoms with Crippen molar-refractivity contribution in [3.05, 3.63) is 36.7 Å². The highest BCUT2D eigenvalue weighted by Gasteiger charge is 2.04. The number of methoxy groups -OCH3 is 1. The van der Waals surface area contributed by atoms with Crippen LogP contribution in [0.2, 0.25) is 0 Å². The molecule has 0 aliphatic heterocycles. The molecule has 2 rings (SSSR count). The van der Waals surface area contributed by atoms with Gasteiger partial charge in [0.2, 0.25) is 0 Å². The topological polar surface area (TPSA) is 27.1 Å². The van der Waals surface area contributed by atoms with Crippen LogP contribution in [-0.4, -0.2) is 15.7 Å². The summed E-state index contributed by atoms with van der Waals surface area (Å²) in [4.78, 5) is 4.22. The minimum absolute atomic E-state index is 0.831. The number of hydrogen-bond acceptors (Lipinski definition) is 2. The van der Waals surface area contributed by atoms with Gasteiger partial charge in [-0.15, -0.1) is 0 Å². The van der Waals surface area contributed by atoms with Gasteiger partial charge >= 0.3 is 0 Å². The quantitative estimate of drug-likeness (QED) is 0.822. The molecule has 14 heavy (non-hydrogen) atoms. The van der Waals surface area contributed by atoms with E-state index < -0.39 is 0 Å². The average Bonchev–Trinajstić information content (AvgIpc) is 2.65. The van der Waals surface area contributed by atoms with E-state index in [0.717, 1.165) is 17.1 Å². The molecule has 0 unspecified atom stereocenters. The Morgan fingerprint density at radius 3 is 2.93 bits per heavy atom. The van der Waals surface area contributed by atoms with Crippen molar-refractivity contribution in [1.29, 1.82) is 0 Å². The molecule has 0 saturated carbocycles. The lowest BCUT2D eigenvalue weighted by Gasteiger charge is -2.03. The molecule has 72 valence electrons. The maximum Gasteiger partial charge on any atom is 0.150 e. The molecule has 0 N–H and O–H groups in total. The van der Waals surface area contributed by atoms with E-state index in [1.807, 2.05) is 30.5 Å². The number of hydrogen-bond donors (Lipinski definition) is 0. The first kappa shape index (κ1) is 9.27. The largest absolute Gasteiger partial charge is 0.497 e. The van der Waals surface area contributed by atoms with Crippen LogP contribution in [0.1, 0.15) is 0 Å². The highest BCUT2D eigenvalue weighted by atomic mass is 79.9. The molecule has 0 saturated heterocycles. The minimum Gasteiger partial charge on any atom is -0.497 e. The summed E-state index contributed by atoms with van der Waals surface area (Å²) < 4.78 is 6.93. The number of nitrogens with zero attached hydrogens (tertiary/aromatic N) is 2. The Hall–Kier alpha value is -1.29. The van der Waals surface area contributed by atoms with E-state index in [9.17, 15) is 0 Å². The Bertz CT molecular complexity index is 439. The third kappa shape index (κ3) is 1.65. The third-order valence-corrected chi connectivity index (χ3v) is 2.50. The molecule has 0 amide bonds. The lowest BCUT2D eigenvalue weighted by Crippen LogP contribution is -1.87. The standard InChI is InChI=1S/C10H9BrN2O/c1-14-9-4-2-3-8(7-9)10-12-5-6-13(10)11/h2-7H,1H3. The number of ether oxygens (including phenoxy) is 1. The monoisotopic (exact) mass is 252 g/mol. The van der Waals surface area contributed by atoms with Crippen molar-refractivity contribution in [2.45, 2.75) is 0 Å². The molecule has 3 nitrogen and oxygen atoms in total. The highest BCUT2D eigenvalue weighted by molar-refractivity contribution is 9.08. The van der Waals surface area contributed by atoms with Crippen molar-refractivity contribution < 1.29 is 4.74 Å². The predicted molar refractivity (Wildman–Crippen MR) is 58.5 cm³/mol. The van der Waals surface area contributed by atoms with Gasteiger partial charge in [0.1, 0.15) is 11.6 Å². The predicted octanol–water partition coefficient (Wildman–Crippen LogP) is 2.72. The summed E-state index contributed by atoms with van der Waals surface area (Å²) in [5.41, 5.74) is 1.02. The van der Waals surface area contributed by atoms with Crippen LogP contribution in [0.4, 0.5) is 0 Å². The van der Waals surface area contributed by atoms with E-state index in [1.165, 1.54) is 0 Å². The molecule has 0 atom stereocenters. The summed E-state index contributed by atoms with van der Waals surface area (Å²) in [5.74, 6) is 1.70. The van der Waals surface area contributed by atoms with Gasteiger partial charge in [-0.05, 0) is 12.1 Å². The molecule has 0 aliphatic rings. The van der Waals surface area contributed by atoms with Crippen molar-refractivity contribution >= 4 is 16.1 Å². The van der Waals surface area contributed by atoms with Crippen molar-refractivity contribution in [3.63, 3.8) is 0 Å². The Kier molecular flexibility index (Phi) is 2.54. The first-order chi connectivity index (χ1) is 6.81. The Labute approximate surface area is 90.7 Å². The van der Waals surface area contributed by atoms with E-state index in [-0.39, 0.29) is 0 Å². The smallest absolute Gasteiger partial charge is 0.150 e. The van der Waals surface area contributed by atoms with Crippen molar-refractivity contribution in [2.24, 2.45) is 0 Å². The van der Waals surface area contributed by atoms with Crippen LogP contribution in [0.25, 0.3) is 11.4 Å². The molecule has 1 aromatic heterocycles. The van der Waals surface area contributed by atoms with Gasteiger partial charge in [0, 0.05) is 18.0 Å². The number of aromatic nitrogens is 2. The number of halogens is 1. The molecule has 2 aromatic rings. The number of rotatable bonds is 2. The van der Waals surface area contributed by atoms with Gasteiger partial charge in [0.15, 0.2) is 0 Å². The highest BCUT2D eigenvalue weighted by Crippen LogP contribution is 2.23. The summed E-state index contributed by atoms with van der Waals surface area (Å²) >= 11 is 3.36. The van der Waals surface area contributed by atoms with Gasteiger partial charge in [0.25, 0.3) is 0 Å². The fraction of sp³-hybridized carbons (Fsp3) is 0.100. The first-order valence-electron chi connectivity index (χ1n) is 4.15. The lowest BCUT2D eigenvalue weighted by atomic mass is 10.2. The SMILES string of the molecule is COc1cccc(-c2nccn2Br)c1. The van der Waals surface area contributed by atoms with E-state index in [1.54, 1.807) is 16.9 Å². The second-order valence-electron chi connectivity index (χ2n) is 2.79. The van der Waals surface area contributed by atoms with Gasteiger partial charge < -0.3 is 4.74 Å². The van der Waals surface area contributed by atoms with E-state index in [4.69, 9.17) is 4.74 Å². The van der Waals surface area contributed by atoms with Gasteiger partial charge in [-0.3, -0.25) is 3.59 Å². The number of benzene rings is 1. The van der Waals surface area contributed by atoms with Gasteiger partial charge in [-0.1, -0.05) is 12.1 Å². The normalized spacial score (nSPS) is 10.1. The Balaban J connectivity index is 2.47. The summed E-state index contributed by atoms with van der Waals surface area (Å²) in [5, 5.41) is 0. The van der Waals surface area contributed by atoms with Crippen LogP contribution < -0.4 is 4.74 Å². The maximum absolute atomic E-state index is 5.14. The molecular weight excluding hydrogens is 244 g/mol. The van der Waals surface area contributed by atoms with Crippen molar-refractivity contribution in [1.82, 2.24) is 8.58 Å². The second-order valence-corrected chi connectivity index (χ2v) is 3.56. The van der Waals surface area contributed by atoms with E-state index in [0.29, 0.717) is 0 Å². The first-order valence-corrected chi connectivity index (χ1v) is 4.86. The third-order valence-electron chi connectivity index (χ3n) is 1.92. The molecule has 0 radical (unpaired) electrons. The van der Waals surface area contributed by atoms with Gasteiger partial charge in [-0.25, -0.2) is 4.98 Å². The molecule has 0 aliphatic carbocycles. The zero-order valence-electron chi connectivity index (χ0n) is 7.64. The van der Waals surface area contributed by atoms with Crippen LogP contribution in [0.5, 0.6) is 5.75 Å². The van der Waals surface area contributed by atoms with E-state index in [2.05, 4.69) is 21.1 Å². The molecule has 0 fully saturated rings. The zero-order chi connectivity index (χ0) is 9.97. The van der Waals surface area contributed by atoms with Crippen LogP contribution >= 0.6 is 16.1 Å². The summed E-state index contributed by atoms with van der Waals surface area (Å²) in [6.07, 6.45) is 3.58. The van der Waals surface area contributed by atoms with Gasteiger partial charge in [0.05, 0.1) is 23.3 Å². The van der Waals surface area contributed by atoms with Crippen LogP contribution in [-0.2, 0) is 0 Å². The van der Waals surface area contributed by atoms with Crippen molar-refractivity contribution in [3.8, 4) is 17.1 Å². The number of imidazole rings is 1. The fourth-order valence-electron chi connectivity index (χ4n) is 1.25. The van der Waals surface area contributed by atoms with Gasteiger partial charge in [-0.2, -0.15) is 0 Å². The summed E-state index contributed by atoms with van der Waals surface area (Å²) in [6.45, 7) is 0. The Morgan fingerprint density at radius 2 is 2.29 bits per heavy atom. The molecule has 0 spiro atoms. The van der Waals surface area contributed by atoms with Crippen molar-refractivity contribution in [2.75, 3.05) is 7.11 Å². The molecule has 4 heteroatoms. The fourth-order valence-corrected chi connectivity index (χ4v) is 1.65. The summed E-state index contributed by atoms with van der Waals surface area (Å²) in [6, 6.07) is 7.78. The van der Waals surface area contributed by atoms with Crippen LogP contribution in [0.15, 0.2) is 36.7 Å². The second kappa shape index (κ2) is 3.84. The molecule has 0 bridgehead atoms. The zero-order valence-corrected chi connectivity index (χ0v) is 9.23. The molecular formula is C10H9BrN2O. The molecule has 1 aromatic carbocycles. The summed E-state index contributed by atoms with van der Waals surface area (Å²) in [7, 11) is 1.65. The lowest BCUT2D eigenvalue weighted by molar-refractivity contribution is 0.415. The van der Waals surface area contributed by atoms with Crippen LogP contribution in [0.3, 0.4) is 0 Å². The Morgan fingerprint density at radius 1 is 1.43 bits per heavy atom. The average molecular weight is 253 g/mol. The maximum atomic E-state index is 5.14. The van der Waals surface area contributed by atoms with Crippen LogP contribution in [0, 0.1) is 0 Å². The minimum atomic E-state index is 0.831. The van der Waals surface area contributed by atoms with E-state index >= 15 is 0 Å². The molecule has 1 heterocycles.